The molecular weight excluding hydrogens is 777 g/mol. The minimum absolute atomic E-state index is 0.306. The van der Waals surface area contributed by atoms with Crippen LogP contribution in [-0.4, -0.2) is 64.8 Å². The maximum Gasteiger partial charge on any atom is 0.169 e. The Hall–Kier alpha value is -3.63. The number of ether oxygens (including phenoxy) is 4. The summed E-state index contributed by atoms with van der Waals surface area (Å²) >= 11 is 6.35. The Balaban J connectivity index is 1.51. The molecule has 61 heavy (non-hydrogen) atoms. The average molecular weight is 851 g/mol. The van der Waals surface area contributed by atoms with E-state index in [2.05, 4.69) is 72.6 Å². The van der Waals surface area contributed by atoms with Crippen molar-refractivity contribution < 1.29 is 24.1 Å². The van der Waals surface area contributed by atoms with Gasteiger partial charge < -0.3 is 34.3 Å². The van der Waals surface area contributed by atoms with Gasteiger partial charge in [0.2, 0.25) is 0 Å². The van der Waals surface area contributed by atoms with Gasteiger partial charge in [-0.05, 0) is 47.3 Å². The van der Waals surface area contributed by atoms with E-state index in [1.165, 1.54) is 64.2 Å². The standard InChI is InChI=1S/C53H74N2O5S/c1-3-5-7-9-11-13-27-37-54-53(61)55(38-28-14-12-10-8-6-4-2)47-48(56)50(58-40-44-31-21-16-22-32-44)52(60-42-46-35-25-18-26-36-46)51(59-41-45-33-23-17-24-34-45)49(47)57-39-43-29-19-15-20-30-43/h15-26,29-36,47-52,56H,3-14,27-28,37-42H2,1-2H3,(H,54,61)/t47-,48-,49-,50-,51+,52+/m0/s1. The molecule has 0 radical (unpaired) electrons. The van der Waals surface area contributed by atoms with E-state index in [0.717, 1.165) is 54.5 Å². The highest BCUT2D eigenvalue weighted by atomic mass is 32.1. The second-order valence-electron chi connectivity index (χ2n) is 16.7. The van der Waals surface area contributed by atoms with Crippen molar-refractivity contribution in [1.29, 1.82) is 0 Å². The first-order valence-corrected chi connectivity index (χ1v) is 23.8. The second-order valence-corrected chi connectivity index (χ2v) is 17.1. The normalized spacial score (nSPS) is 20.0. The minimum atomic E-state index is -1.02. The maximum atomic E-state index is 13.0. The van der Waals surface area contributed by atoms with Gasteiger partial charge in [-0.1, -0.05) is 212 Å². The van der Waals surface area contributed by atoms with Crippen LogP contribution in [0.4, 0.5) is 0 Å². The number of benzene rings is 4. The molecule has 4 aromatic carbocycles. The van der Waals surface area contributed by atoms with E-state index in [4.69, 9.17) is 31.2 Å². The Morgan fingerprint density at radius 3 is 1.25 bits per heavy atom. The molecule has 5 rings (SSSR count). The third-order valence-corrected chi connectivity index (χ3v) is 12.2. The molecule has 4 aromatic rings. The van der Waals surface area contributed by atoms with Crippen LogP contribution in [0.1, 0.15) is 126 Å². The highest BCUT2D eigenvalue weighted by Gasteiger charge is 2.55. The monoisotopic (exact) mass is 851 g/mol. The van der Waals surface area contributed by atoms with Crippen molar-refractivity contribution in [2.75, 3.05) is 13.1 Å². The van der Waals surface area contributed by atoms with E-state index in [1.54, 1.807) is 0 Å². The van der Waals surface area contributed by atoms with Gasteiger partial charge in [0.15, 0.2) is 5.11 Å². The Kier molecular flexibility index (Phi) is 22.9. The zero-order chi connectivity index (χ0) is 42.7. The lowest BCUT2D eigenvalue weighted by molar-refractivity contribution is -0.259. The zero-order valence-electron chi connectivity index (χ0n) is 37.1. The van der Waals surface area contributed by atoms with Gasteiger partial charge in [-0.3, -0.25) is 0 Å². The molecule has 2 N–H and O–H groups in total. The number of thiocarbonyl (C=S) groups is 1. The number of nitrogens with zero attached hydrogens (tertiary/aromatic N) is 1. The number of hydrogen-bond acceptors (Lipinski definition) is 6. The van der Waals surface area contributed by atoms with Crippen LogP contribution in [0.25, 0.3) is 0 Å². The lowest BCUT2D eigenvalue weighted by Gasteiger charge is -2.52. The fraction of sp³-hybridized carbons (Fsp3) is 0.528. The van der Waals surface area contributed by atoms with E-state index in [0.29, 0.717) is 38.1 Å². The molecule has 0 aromatic heterocycles. The van der Waals surface area contributed by atoms with E-state index in [1.807, 2.05) is 72.8 Å². The van der Waals surface area contributed by atoms with Crippen LogP contribution in [0, 0.1) is 0 Å². The van der Waals surface area contributed by atoms with Crippen molar-refractivity contribution >= 4 is 17.3 Å². The highest BCUT2D eigenvalue weighted by Crippen LogP contribution is 2.36. The summed E-state index contributed by atoms with van der Waals surface area (Å²) in [5, 5.41) is 17.3. The Labute approximate surface area is 373 Å². The third kappa shape index (κ3) is 16.9. The molecule has 0 amide bonds. The molecular formula is C53H74N2O5S. The molecule has 0 heterocycles. The summed E-state index contributed by atoms with van der Waals surface area (Å²) in [5.41, 5.74) is 4.13. The number of aliphatic hydroxyl groups is 1. The largest absolute Gasteiger partial charge is 0.388 e. The van der Waals surface area contributed by atoms with Crippen LogP contribution in [0.3, 0.4) is 0 Å². The molecule has 1 aliphatic rings. The Bertz CT molecular complexity index is 1700. The quantitative estimate of drug-likeness (QED) is 0.0413. The van der Waals surface area contributed by atoms with Crippen LogP contribution in [0.5, 0.6) is 0 Å². The molecule has 6 atom stereocenters. The molecule has 0 bridgehead atoms. The topological polar surface area (TPSA) is 72.4 Å². The summed E-state index contributed by atoms with van der Waals surface area (Å²) in [7, 11) is 0. The smallest absolute Gasteiger partial charge is 0.169 e. The summed E-state index contributed by atoms with van der Waals surface area (Å²) in [6, 6.07) is 40.2. The minimum Gasteiger partial charge on any atom is -0.388 e. The average Bonchev–Trinajstić information content (AvgIpc) is 3.30. The van der Waals surface area contributed by atoms with Gasteiger partial charge in [-0.2, -0.15) is 0 Å². The number of unbranched alkanes of at least 4 members (excludes halogenated alkanes) is 12. The van der Waals surface area contributed by atoms with Gasteiger partial charge in [0.1, 0.15) is 30.5 Å². The van der Waals surface area contributed by atoms with Crippen molar-refractivity contribution in [1.82, 2.24) is 10.2 Å². The number of aliphatic hydroxyl groups excluding tert-OH is 1. The van der Waals surface area contributed by atoms with Crippen LogP contribution >= 0.6 is 12.2 Å². The van der Waals surface area contributed by atoms with Crippen LogP contribution < -0.4 is 5.32 Å². The van der Waals surface area contributed by atoms with Gasteiger partial charge >= 0.3 is 0 Å². The Morgan fingerprint density at radius 1 is 0.475 bits per heavy atom. The number of rotatable bonds is 29. The summed E-state index contributed by atoms with van der Waals surface area (Å²) in [5.74, 6) is 0. The lowest BCUT2D eigenvalue weighted by atomic mass is 9.81. The number of hydrogen-bond donors (Lipinski definition) is 2. The van der Waals surface area contributed by atoms with Gasteiger partial charge in [0.05, 0.1) is 32.5 Å². The summed E-state index contributed by atoms with van der Waals surface area (Å²) in [4.78, 5) is 2.22. The SMILES string of the molecule is CCCCCCCCCNC(=S)N(CCCCCCCCC)[C@H]1[C@H](O)[C@H](OCc2ccccc2)[C@@H](OCc2ccccc2)[C@H](OCc2ccccc2)[C@H]1OCc1ccccc1. The molecule has 1 aliphatic carbocycles. The molecule has 0 spiro atoms. The first kappa shape index (κ1) is 48.4. The van der Waals surface area contributed by atoms with Crippen molar-refractivity contribution in [3.05, 3.63) is 144 Å². The lowest BCUT2D eigenvalue weighted by Crippen LogP contribution is -2.71. The van der Waals surface area contributed by atoms with Crippen molar-refractivity contribution in [3.8, 4) is 0 Å². The predicted octanol–water partition coefficient (Wildman–Crippen LogP) is 11.7. The fourth-order valence-corrected chi connectivity index (χ4v) is 8.67. The van der Waals surface area contributed by atoms with Crippen LogP contribution in [0.2, 0.25) is 0 Å². The molecule has 0 aliphatic heterocycles. The molecule has 332 valence electrons. The highest BCUT2D eigenvalue weighted by molar-refractivity contribution is 7.80. The van der Waals surface area contributed by atoms with Crippen LogP contribution in [-0.2, 0) is 45.4 Å². The molecule has 1 saturated carbocycles. The van der Waals surface area contributed by atoms with Crippen molar-refractivity contribution in [2.45, 2.75) is 167 Å². The molecule has 7 nitrogen and oxygen atoms in total. The first-order valence-electron chi connectivity index (χ1n) is 23.4. The molecule has 1 fully saturated rings. The zero-order valence-corrected chi connectivity index (χ0v) is 37.9. The maximum absolute atomic E-state index is 13.0. The van der Waals surface area contributed by atoms with Crippen LogP contribution in [0.15, 0.2) is 121 Å². The third-order valence-electron chi connectivity index (χ3n) is 11.8. The molecule has 8 heteroatoms. The summed E-state index contributed by atoms with van der Waals surface area (Å²) in [6.07, 6.45) is 13.1. The Morgan fingerprint density at radius 2 is 0.820 bits per heavy atom. The second kappa shape index (κ2) is 28.9. The van der Waals surface area contributed by atoms with E-state index >= 15 is 0 Å². The fourth-order valence-electron chi connectivity index (χ4n) is 8.35. The van der Waals surface area contributed by atoms with Crippen molar-refractivity contribution in [3.63, 3.8) is 0 Å². The van der Waals surface area contributed by atoms with Crippen molar-refractivity contribution in [2.24, 2.45) is 0 Å². The van der Waals surface area contributed by atoms with Gasteiger partial charge in [0, 0.05) is 13.1 Å². The van der Waals surface area contributed by atoms with Gasteiger partial charge in [-0.15, -0.1) is 0 Å². The van der Waals surface area contributed by atoms with E-state index in [9.17, 15) is 5.11 Å². The van der Waals surface area contributed by atoms with Gasteiger partial charge in [0.25, 0.3) is 0 Å². The summed E-state index contributed by atoms with van der Waals surface area (Å²) < 4.78 is 28.0. The molecule has 0 saturated heterocycles. The number of nitrogens with one attached hydrogen (secondary N) is 1. The van der Waals surface area contributed by atoms with E-state index < -0.39 is 36.6 Å². The first-order chi connectivity index (χ1) is 30.1. The summed E-state index contributed by atoms with van der Waals surface area (Å²) in [6.45, 7) is 7.29. The predicted molar refractivity (Wildman–Crippen MR) is 253 cm³/mol. The molecule has 0 unspecified atom stereocenters. The van der Waals surface area contributed by atoms with Gasteiger partial charge in [-0.25, -0.2) is 0 Å². The van der Waals surface area contributed by atoms with E-state index in [-0.39, 0.29) is 0 Å².